The summed E-state index contributed by atoms with van der Waals surface area (Å²) in [5.41, 5.74) is 1.72. The van der Waals surface area contributed by atoms with Crippen LogP contribution in [0.1, 0.15) is 32.3 Å². The molecule has 0 spiro atoms. The number of piperazine rings is 1. The van der Waals surface area contributed by atoms with Gasteiger partial charge in [0, 0.05) is 38.4 Å². The minimum atomic E-state index is -0.436. The van der Waals surface area contributed by atoms with Gasteiger partial charge >= 0.3 is 0 Å². The summed E-state index contributed by atoms with van der Waals surface area (Å²) < 4.78 is 5.34. The number of benzene rings is 2. The van der Waals surface area contributed by atoms with Crippen LogP contribution in [0.25, 0.3) is 0 Å². The molecule has 2 atom stereocenters. The first-order valence-corrected chi connectivity index (χ1v) is 12.4. The summed E-state index contributed by atoms with van der Waals surface area (Å²) in [7, 11) is 0. The van der Waals surface area contributed by atoms with Crippen LogP contribution in [-0.2, 0) is 14.9 Å². The average molecular weight is 463 g/mol. The largest absolute Gasteiger partial charge is 0.461 e. The van der Waals surface area contributed by atoms with Gasteiger partial charge < -0.3 is 15.0 Å². The fraction of sp³-hybridized carbons (Fsp3) is 0.500. The van der Waals surface area contributed by atoms with Gasteiger partial charge in [-0.3, -0.25) is 9.69 Å². The third-order valence-corrected chi connectivity index (χ3v) is 7.00. The minimum absolute atomic E-state index is 0.183. The molecule has 0 aromatic heterocycles. The molecular weight excluding hydrogens is 424 g/mol. The van der Waals surface area contributed by atoms with Crippen molar-refractivity contribution in [3.05, 3.63) is 66.2 Å². The van der Waals surface area contributed by atoms with E-state index in [0.29, 0.717) is 13.0 Å². The molecular formula is C28H38N4O2. The molecule has 2 aromatic carbocycles. The molecule has 0 radical (unpaired) electrons. The van der Waals surface area contributed by atoms with Gasteiger partial charge in [0.15, 0.2) is 0 Å². The Balaban J connectivity index is 1.44. The van der Waals surface area contributed by atoms with E-state index in [1.54, 1.807) is 0 Å². The summed E-state index contributed by atoms with van der Waals surface area (Å²) in [6, 6.07) is 22.9. The highest BCUT2D eigenvalue weighted by Gasteiger charge is 2.35. The topological polar surface area (TPSA) is 68.6 Å². The Kier molecular flexibility index (Phi) is 9.93. The number of hydrogen-bond acceptors (Lipinski definition) is 6. The van der Waals surface area contributed by atoms with Gasteiger partial charge in [0.1, 0.15) is 6.10 Å². The smallest absolute Gasteiger partial charge is 0.293 e. The summed E-state index contributed by atoms with van der Waals surface area (Å²) in [6.07, 6.45) is 1.68. The summed E-state index contributed by atoms with van der Waals surface area (Å²) in [4.78, 5) is 15.9. The van der Waals surface area contributed by atoms with Gasteiger partial charge in [0.25, 0.3) is 6.47 Å². The van der Waals surface area contributed by atoms with Crippen LogP contribution in [0, 0.1) is 17.2 Å². The maximum atomic E-state index is 11.0. The SMILES string of the molecule is CC(C)C(C#N)(CCCN1CCN(CC(CNc2ccccc2)OC=O)CC1)c1ccccc1. The zero-order chi connectivity index (χ0) is 24.2. The Labute approximate surface area is 204 Å². The summed E-state index contributed by atoms with van der Waals surface area (Å²) >= 11 is 0. The Hall–Kier alpha value is -2.88. The first-order chi connectivity index (χ1) is 16.6. The average Bonchev–Trinajstić information content (AvgIpc) is 2.87. The van der Waals surface area contributed by atoms with Gasteiger partial charge in [-0.05, 0) is 43.0 Å². The van der Waals surface area contributed by atoms with Crippen LogP contribution in [0.2, 0.25) is 0 Å². The van der Waals surface area contributed by atoms with E-state index in [1.165, 1.54) is 0 Å². The third kappa shape index (κ3) is 7.06. The van der Waals surface area contributed by atoms with Crippen LogP contribution in [0.5, 0.6) is 0 Å². The van der Waals surface area contributed by atoms with Crippen LogP contribution in [0.3, 0.4) is 0 Å². The molecule has 0 saturated carbocycles. The molecule has 1 aliphatic rings. The predicted molar refractivity (Wildman–Crippen MR) is 137 cm³/mol. The van der Waals surface area contributed by atoms with Crippen molar-refractivity contribution in [1.29, 1.82) is 5.26 Å². The zero-order valence-corrected chi connectivity index (χ0v) is 20.5. The van der Waals surface area contributed by atoms with Crippen LogP contribution in [0.15, 0.2) is 60.7 Å². The second-order valence-electron chi connectivity index (χ2n) is 9.45. The number of hydrogen-bond donors (Lipinski definition) is 1. The van der Waals surface area contributed by atoms with Crippen LogP contribution in [-0.4, -0.2) is 68.2 Å². The van der Waals surface area contributed by atoms with Crippen molar-refractivity contribution in [1.82, 2.24) is 9.80 Å². The molecule has 1 aliphatic heterocycles. The van der Waals surface area contributed by atoms with E-state index < -0.39 is 5.41 Å². The van der Waals surface area contributed by atoms with Crippen molar-refractivity contribution in [3.63, 3.8) is 0 Å². The highest BCUT2D eigenvalue weighted by molar-refractivity contribution is 5.43. The number of nitrogens with zero attached hydrogens (tertiary/aromatic N) is 3. The highest BCUT2D eigenvalue weighted by Crippen LogP contribution is 2.36. The van der Waals surface area contributed by atoms with Crippen molar-refractivity contribution in [3.8, 4) is 6.07 Å². The number of anilines is 1. The molecule has 1 heterocycles. The summed E-state index contributed by atoms with van der Waals surface area (Å²) in [6.45, 7) is 11.1. The maximum Gasteiger partial charge on any atom is 0.293 e. The van der Waals surface area contributed by atoms with Crippen molar-refractivity contribution in [2.24, 2.45) is 5.92 Å². The summed E-state index contributed by atoms with van der Waals surface area (Å²) in [5, 5.41) is 13.5. The lowest BCUT2D eigenvalue weighted by molar-refractivity contribution is -0.134. The third-order valence-electron chi connectivity index (χ3n) is 7.00. The molecule has 34 heavy (non-hydrogen) atoms. The highest BCUT2D eigenvalue weighted by atomic mass is 16.5. The van der Waals surface area contributed by atoms with Gasteiger partial charge in [-0.2, -0.15) is 5.26 Å². The molecule has 6 nitrogen and oxygen atoms in total. The maximum absolute atomic E-state index is 11.0. The molecule has 6 heteroatoms. The van der Waals surface area contributed by atoms with Gasteiger partial charge in [0.05, 0.1) is 18.0 Å². The second kappa shape index (κ2) is 13.1. The molecule has 0 amide bonds. The van der Waals surface area contributed by atoms with Gasteiger partial charge in [-0.15, -0.1) is 0 Å². The van der Waals surface area contributed by atoms with Crippen molar-refractivity contribution in [2.45, 2.75) is 38.2 Å². The van der Waals surface area contributed by atoms with Gasteiger partial charge in [-0.1, -0.05) is 62.4 Å². The van der Waals surface area contributed by atoms with E-state index in [0.717, 1.165) is 63.4 Å². The second-order valence-corrected chi connectivity index (χ2v) is 9.45. The van der Waals surface area contributed by atoms with Crippen LogP contribution in [0.4, 0.5) is 5.69 Å². The van der Waals surface area contributed by atoms with E-state index in [9.17, 15) is 10.1 Å². The van der Waals surface area contributed by atoms with Crippen LogP contribution < -0.4 is 5.32 Å². The number of carbonyl (C=O) groups excluding carboxylic acids is 1. The molecule has 0 aliphatic carbocycles. The number of nitrogens with one attached hydrogen (secondary N) is 1. The zero-order valence-electron chi connectivity index (χ0n) is 20.5. The molecule has 182 valence electrons. The number of rotatable bonds is 13. The van der Waals surface area contributed by atoms with Crippen molar-refractivity contribution < 1.29 is 9.53 Å². The fourth-order valence-corrected chi connectivity index (χ4v) is 4.84. The van der Waals surface area contributed by atoms with Gasteiger partial charge in [0.2, 0.25) is 0 Å². The van der Waals surface area contributed by atoms with E-state index >= 15 is 0 Å². The predicted octanol–water partition coefficient (Wildman–Crippen LogP) is 4.16. The normalized spacial score (nSPS) is 17.5. The van der Waals surface area contributed by atoms with Gasteiger partial charge in [-0.25, -0.2) is 0 Å². The van der Waals surface area contributed by atoms with E-state index in [2.05, 4.69) is 47.2 Å². The lowest BCUT2D eigenvalue weighted by Crippen LogP contribution is -2.50. The monoisotopic (exact) mass is 462 g/mol. The Morgan fingerprint density at radius 3 is 2.24 bits per heavy atom. The Morgan fingerprint density at radius 1 is 1.03 bits per heavy atom. The van der Waals surface area contributed by atoms with E-state index in [-0.39, 0.29) is 12.0 Å². The molecule has 1 fully saturated rings. The standard InChI is InChI=1S/C28H38N4O2/c1-24(2)28(22-29,25-10-5-3-6-11-25)14-9-15-31-16-18-32(19-17-31)21-27(34-23-33)20-30-26-12-7-4-8-13-26/h3-8,10-13,23-24,27,30H,9,14-21H2,1-2H3. The molecule has 1 N–H and O–H groups in total. The molecule has 0 bridgehead atoms. The quantitative estimate of drug-likeness (QED) is 0.451. The number of carbonyl (C=O) groups is 1. The molecule has 3 rings (SSSR count). The van der Waals surface area contributed by atoms with E-state index in [1.807, 2.05) is 48.5 Å². The number of nitriles is 1. The number of para-hydroxylation sites is 1. The summed E-state index contributed by atoms with van der Waals surface area (Å²) in [5.74, 6) is 0.260. The first kappa shape index (κ1) is 25.7. The van der Waals surface area contributed by atoms with Crippen molar-refractivity contribution in [2.75, 3.05) is 51.1 Å². The van der Waals surface area contributed by atoms with Crippen LogP contribution >= 0.6 is 0 Å². The number of ether oxygens (including phenoxy) is 1. The Bertz CT molecular complexity index is 892. The molecule has 2 aromatic rings. The van der Waals surface area contributed by atoms with Crippen molar-refractivity contribution >= 4 is 12.2 Å². The molecule has 2 unspecified atom stereocenters. The molecule has 1 saturated heterocycles. The first-order valence-electron chi connectivity index (χ1n) is 12.4. The lowest BCUT2D eigenvalue weighted by Gasteiger charge is -2.37. The van der Waals surface area contributed by atoms with E-state index in [4.69, 9.17) is 4.74 Å². The minimum Gasteiger partial charge on any atom is -0.461 e. The Morgan fingerprint density at radius 2 is 1.65 bits per heavy atom. The lowest BCUT2D eigenvalue weighted by atomic mass is 9.70. The fourth-order valence-electron chi connectivity index (χ4n) is 4.84.